The van der Waals surface area contributed by atoms with E-state index in [0.29, 0.717) is 17.0 Å². The standard InChI is InChI=1S/C13H11BrClNS/c1-3-5-10-12(15)9(8-16)7-11(14)13(10)17-6-4-2/h3-4,7H,1-2,5-6H2. The molecule has 0 N–H and O–H groups in total. The minimum absolute atomic E-state index is 0.485. The third-order valence-corrected chi connectivity index (χ3v) is 4.55. The zero-order valence-corrected chi connectivity index (χ0v) is 12.3. The number of thioether (sulfide) groups is 1. The van der Waals surface area contributed by atoms with Crippen molar-refractivity contribution < 1.29 is 0 Å². The number of halogens is 2. The molecule has 0 aliphatic heterocycles. The number of rotatable bonds is 5. The molecule has 0 amide bonds. The van der Waals surface area contributed by atoms with E-state index in [1.54, 1.807) is 23.9 Å². The van der Waals surface area contributed by atoms with E-state index < -0.39 is 0 Å². The summed E-state index contributed by atoms with van der Waals surface area (Å²) < 4.78 is 0.891. The van der Waals surface area contributed by atoms with Crippen molar-refractivity contribution in [3.63, 3.8) is 0 Å². The molecule has 1 rings (SSSR count). The van der Waals surface area contributed by atoms with Gasteiger partial charge in [0.2, 0.25) is 0 Å². The van der Waals surface area contributed by atoms with Gasteiger partial charge in [-0.05, 0) is 34.0 Å². The molecule has 0 spiro atoms. The Labute approximate surface area is 119 Å². The molecule has 0 bridgehead atoms. The van der Waals surface area contributed by atoms with Crippen LogP contribution < -0.4 is 0 Å². The second kappa shape index (κ2) is 6.90. The first-order chi connectivity index (χ1) is 8.15. The maximum atomic E-state index is 9.00. The Kier molecular flexibility index (Phi) is 5.84. The predicted molar refractivity (Wildman–Crippen MR) is 78.7 cm³/mol. The average Bonchev–Trinajstić information content (AvgIpc) is 2.33. The van der Waals surface area contributed by atoms with Crippen molar-refractivity contribution >= 4 is 39.3 Å². The van der Waals surface area contributed by atoms with E-state index in [4.69, 9.17) is 16.9 Å². The maximum absolute atomic E-state index is 9.00. The summed E-state index contributed by atoms with van der Waals surface area (Å²) in [4.78, 5) is 1.05. The molecule has 0 aromatic heterocycles. The summed E-state index contributed by atoms with van der Waals surface area (Å²) in [5.41, 5.74) is 1.43. The molecule has 0 aliphatic carbocycles. The molecule has 4 heteroatoms. The largest absolute Gasteiger partial charge is 0.192 e. The van der Waals surface area contributed by atoms with Crippen molar-refractivity contribution in [3.8, 4) is 6.07 Å². The monoisotopic (exact) mass is 327 g/mol. The molecular formula is C13H11BrClNS. The van der Waals surface area contributed by atoms with Gasteiger partial charge in [0.1, 0.15) is 6.07 Å². The summed E-state index contributed by atoms with van der Waals surface area (Å²) in [6.45, 7) is 7.41. The van der Waals surface area contributed by atoms with E-state index in [-0.39, 0.29) is 0 Å². The highest BCUT2D eigenvalue weighted by atomic mass is 79.9. The number of hydrogen-bond donors (Lipinski definition) is 0. The molecule has 0 atom stereocenters. The van der Waals surface area contributed by atoms with Crippen LogP contribution in [0.2, 0.25) is 5.02 Å². The van der Waals surface area contributed by atoms with Crippen molar-refractivity contribution in [2.24, 2.45) is 0 Å². The lowest BCUT2D eigenvalue weighted by molar-refractivity contribution is 1.16. The zero-order valence-electron chi connectivity index (χ0n) is 9.17. The van der Waals surface area contributed by atoms with Gasteiger partial charge in [0.05, 0.1) is 10.6 Å². The molecule has 17 heavy (non-hydrogen) atoms. The molecule has 1 aromatic carbocycles. The number of benzene rings is 1. The van der Waals surface area contributed by atoms with Gasteiger partial charge >= 0.3 is 0 Å². The highest BCUT2D eigenvalue weighted by molar-refractivity contribution is 9.10. The fourth-order valence-corrected chi connectivity index (χ4v) is 3.35. The van der Waals surface area contributed by atoms with Crippen molar-refractivity contribution in [3.05, 3.63) is 52.0 Å². The van der Waals surface area contributed by atoms with E-state index >= 15 is 0 Å². The molecular weight excluding hydrogens is 318 g/mol. The van der Waals surface area contributed by atoms with E-state index in [2.05, 4.69) is 35.2 Å². The van der Waals surface area contributed by atoms with Gasteiger partial charge in [-0.25, -0.2) is 0 Å². The Morgan fingerprint density at radius 2 is 2.18 bits per heavy atom. The van der Waals surface area contributed by atoms with Crippen LogP contribution in [0.25, 0.3) is 0 Å². The number of nitrogens with zero attached hydrogens (tertiary/aromatic N) is 1. The Morgan fingerprint density at radius 3 is 2.71 bits per heavy atom. The molecule has 1 nitrogen and oxygen atoms in total. The lowest BCUT2D eigenvalue weighted by Crippen LogP contribution is -1.94. The summed E-state index contributed by atoms with van der Waals surface area (Å²) in [5, 5.41) is 9.51. The van der Waals surface area contributed by atoms with Gasteiger partial charge in [0.25, 0.3) is 0 Å². The minimum Gasteiger partial charge on any atom is -0.192 e. The van der Waals surface area contributed by atoms with Gasteiger partial charge in [-0.1, -0.05) is 23.8 Å². The van der Waals surface area contributed by atoms with Gasteiger partial charge in [0, 0.05) is 15.1 Å². The van der Waals surface area contributed by atoms with Crippen LogP contribution in [0.3, 0.4) is 0 Å². The first-order valence-corrected chi connectivity index (χ1v) is 7.06. The van der Waals surface area contributed by atoms with Crippen LogP contribution in [0, 0.1) is 11.3 Å². The first-order valence-electron chi connectivity index (χ1n) is 4.91. The van der Waals surface area contributed by atoms with Crippen LogP contribution in [0.1, 0.15) is 11.1 Å². The SMILES string of the molecule is C=CCSc1c(Br)cc(C#N)c(Cl)c1CC=C. The van der Waals surface area contributed by atoms with E-state index in [1.165, 1.54) is 0 Å². The average molecular weight is 329 g/mol. The Balaban J connectivity index is 3.35. The van der Waals surface area contributed by atoms with Crippen LogP contribution in [0.15, 0.2) is 40.7 Å². The third kappa shape index (κ3) is 3.38. The van der Waals surface area contributed by atoms with Crippen LogP contribution in [0.4, 0.5) is 0 Å². The molecule has 0 heterocycles. The fourth-order valence-electron chi connectivity index (χ4n) is 1.37. The van der Waals surface area contributed by atoms with Gasteiger partial charge in [-0.15, -0.1) is 24.9 Å². The van der Waals surface area contributed by atoms with E-state index in [1.807, 2.05) is 6.08 Å². The number of hydrogen-bond acceptors (Lipinski definition) is 2. The van der Waals surface area contributed by atoms with Gasteiger partial charge in [-0.2, -0.15) is 5.26 Å². The molecule has 0 unspecified atom stereocenters. The van der Waals surface area contributed by atoms with Gasteiger partial charge < -0.3 is 0 Å². The second-order valence-corrected chi connectivity index (χ2v) is 5.49. The fraction of sp³-hybridized carbons (Fsp3) is 0.154. The summed E-state index contributed by atoms with van der Waals surface area (Å²) >= 11 is 11.3. The van der Waals surface area contributed by atoms with Crippen LogP contribution in [0.5, 0.6) is 0 Å². The summed E-state index contributed by atoms with van der Waals surface area (Å²) in [6.07, 6.45) is 4.26. The Morgan fingerprint density at radius 1 is 1.47 bits per heavy atom. The lowest BCUT2D eigenvalue weighted by Gasteiger charge is -2.12. The predicted octanol–water partition coefficient (Wildman–Crippen LogP) is 4.98. The number of allylic oxidation sites excluding steroid dienone is 1. The lowest BCUT2D eigenvalue weighted by atomic mass is 10.1. The highest BCUT2D eigenvalue weighted by Crippen LogP contribution is 2.37. The van der Waals surface area contributed by atoms with Crippen LogP contribution >= 0.6 is 39.3 Å². The van der Waals surface area contributed by atoms with E-state index in [9.17, 15) is 0 Å². The Bertz CT molecular complexity index is 491. The normalized spacial score (nSPS) is 9.71. The second-order valence-electron chi connectivity index (χ2n) is 3.23. The molecule has 0 aliphatic rings. The topological polar surface area (TPSA) is 23.8 Å². The van der Waals surface area contributed by atoms with E-state index in [0.717, 1.165) is 20.7 Å². The van der Waals surface area contributed by atoms with Crippen LogP contribution in [-0.4, -0.2) is 5.75 Å². The number of nitriles is 1. The van der Waals surface area contributed by atoms with Crippen molar-refractivity contribution in [1.29, 1.82) is 5.26 Å². The minimum atomic E-state index is 0.485. The maximum Gasteiger partial charge on any atom is 0.101 e. The Hall–Kier alpha value is -0.690. The van der Waals surface area contributed by atoms with Gasteiger partial charge in [-0.3, -0.25) is 0 Å². The molecule has 0 fully saturated rings. The van der Waals surface area contributed by atoms with Crippen molar-refractivity contribution in [2.45, 2.75) is 11.3 Å². The first kappa shape index (κ1) is 14.4. The molecule has 1 aromatic rings. The quantitative estimate of drug-likeness (QED) is 0.562. The van der Waals surface area contributed by atoms with Crippen molar-refractivity contribution in [2.75, 3.05) is 5.75 Å². The van der Waals surface area contributed by atoms with Crippen LogP contribution in [-0.2, 0) is 6.42 Å². The summed E-state index contributed by atoms with van der Waals surface area (Å²) in [6, 6.07) is 3.84. The summed E-state index contributed by atoms with van der Waals surface area (Å²) in [7, 11) is 0. The third-order valence-electron chi connectivity index (χ3n) is 2.08. The smallest absolute Gasteiger partial charge is 0.101 e. The van der Waals surface area contributed by atoms with Crippen molar-refractivity contribution in [1.82, 2.24) is 0 Å². The van der Waals surface area contributed by atoms with Gasteiger partial charge in [0.15, 0.2) is 0 Å². The summed E-state index contributed by atoms with van der Waals surface area (Å²) in [5.74, 6) is 0.797. The highest BCUT2D eigenvalue weighted by Gasteiger charge is 2.14. The molecule has 0 saturated heterocycles. The zero-order chi connectivity index (χ0) is 12.8. The molecule has 0 radical (unpaired) electrons. The molecule has 88 valence electrons. The molecule has 0 saturated carbocycles.